The Bertz CT molecular complexity index is 449. The molecular weight excluding hydrogens is 266 g/mol. The van der Waals surface area contributed by atoms with Gasteiger partial charge >= 0.3 is 0 Å². The maximum Gasteiger partial charge on any atom is 0.222 e. The normalized spacial score (nSPS) is 13.2. The fourth-order valence-corrected chi connectivity index (χ4v) is 2.52. The summed E-state index contributed by atoms with van der Waals surface area (Å²) in [4.78, 5) is 13.9. The highest BCUT2D eigenvalue weighted by Crippen LogP contribution is 2.32. The van der Waals surface area contributed by atoms with Gasteiger partial charge in [-0.2, -0.15) is 0 Å². The zero-order chi connectivity index (χ0) is 16.0. The van der Waals surface area contributed by atoms with Gasteiger partial charge in [-0.3, -0.25) is 4.79 Å². The van der Waals surface area contributed by atoms with Crippen molar-refractivity contribution in [1.29, 1.82) is 0 Å². The van der Waals surface area contributed by atoms with Crippen LogP contribution in [0.3, 0.4) is 0 Å². The molecule has 0 aliphatic carbocycles. The topological polar surface area (TPSA) is 72.4 Å². The molecule has 1 aromatic heterocycles. The molecule has 0 radical (unpaired) electrons. The van der Waals surface area contributed by atoms with Crippen molar-refractivity contribution in [3.05, 3.63) is 17.5 Å². The smallest absolute Gasteiger partial charge is 0.222 e. The van der Waals surface area contributed by atoms with Gasteiger partial charge < -0.3 is 15.2 Å². The summed E-state index contributed by atoms with van der Waals surface area (Å²) in [5.74, 6) is 1.37. The van der Waals surface area contributed by atoms with Crippen LogP contribution in [-0.4, -0.2) is 29.6 Å². The van der Waals surface area contributed by atoms with E-state index in [1.54, 1.807) is 11.9 Å². The number of hydrogen-bond acceptors (Lipinski definition) is 4. The number of nitrogens with zero attached hydrogens (tertiary/aromatic N) is 2. The highest BCUT2D eigenvalue weighted by molar-refractivity contribution is 5.75. The van der Waals surface area contributed by atoms with E-state index in [1.807, 2.05) is 13.0 Å². The van der Waals surface area contributed by atoms with Crippen LogP contribution >= 0.6 is 0 Å². The largest absolute Gasteiger partial charge is 0.361 e. The Kier molecular flexibility index (Phi) is 6.40. The molecule has 1 unspecified atom stereocenters. The molecule has 120 valence electrons. The molecule has 0 spiro atoms. The molecule has 1 atom stereocenters. The second kappa shape index (κ2) is 7.59. The van der Waals surface area contributed by atoms with Gasteiger partial charge in [0.2, 0.25) is 5.91 Å². The third kappa shape index (κ3) is 5.87. The predicted molar refractivity (Wildman–Crippen MR) is 83.6 cm³/mol. The molecule has 5 nitrogen and oxygen atoms in total. The number of aromatic nitrogens is 1. The second-order valence-corrected chi connectivity index (χ2v) is 6.86. The van der Waals surface area contributed by atoms with E-state index in [-0.39, 0.29) is 11.3 Å². The van der Waals surface area contributed by atoms with Crippen LogP contribution in [0.25, 0.3) is 0 Å². The Morgan fingerprint density at radius 3 is 2.57 bits per heavy atom. The Morgan fingerprint density at radius 1 is 1.43 bits per heavy atom. The maximum atomic E-state index is 12.2. The zero-order valence-electron chi connectivity index (χ0n) is 14.0. The molecule has 1 amide bonds. The van der Waals surface area contributed by atoms with E-state index in [4.69, 9.17) is 10.3 Å². The summed E-state index contributed by atoms with van der Waals surface area (Å²) in [6.07, 6.45) is 2.39. The molecule has 1 rings (SSSR count). The van der Waals surface area contributed by atoms with E-state index in [2.05, 4.69) is 25.9 Å². The van der Waals surface area contributed by atoms with Crippen LogP contribution in [-0.2, 0) is 11.3 Å². The van der Waals surface area contributed by atoms with E-state index in [1.165, 1.54) is 0 Å². The van der Waals surface area contributed by atoms with E-state index in [0.717, 1.165) is 24.3 Å². The number of carbonyl (C=O) groups excluding carboxylic acids is 1. The second-order valence-electron chi connectivity index (χ2n) is 6.86. The van der Waals surface area contributed by atoms with Crippen molar-refractivity contribution in [2.45, 2.75) is 53.5 Å². The fraction of sp³-hybridized carbons (Fsp3) is 0.750. The molecule has 0 saturated heterocycles. The van der Waals surface area contributed by atoms with Crippen molar-refractivity contribution in [3.8, 4) is 0 Å². The summed E-state index contributed by atoms with van der Waals surface area (Å²) in [6.45, 7) is 9.63. The van der Waals surface area contributed by atoms with Crippen molar-refractivity contribution in [2.24, 2.45) is 17.1 Å². The lowest BCUT2D eigenvalue weighted by Crippen LogP contribution is -2.29. The first-order chi connectivity index (χ1) is 9.74. The van der Waals surface area contributed by atoms with Crippen LogP contribution in [0.2, 0.25) is 0 Å². The number of carbonyl (C=O) groups is 1. The summed E-state index contributed by atoms with van der Waals surface area (Å²) in [5.41, 5.74) is 6.65. The van der Waals surface area contributed by atoms with Gasteiger partial charge in [0.25, 0.3) is 0 Å². The van der Waals surface area contributed by atoms with Crippen molar-refractivity contribution in [2.75, 3.05) is 13.6 Å². The molecule has 1 heterocycles. The quantitative estimate of drug-likeness (QED) is 0.839. The first-order valence-corrected chi connectivity index (χ1v) is 7.60. The molecule has 2 N–H and O–H groups in total. The minimum atomic E-state index is 0.141. The Labute approximate surface area is 127 Å². The number of rotatable bonds is 7. The molecule has 0 aromatic carbocycles. The van der Waals surface area contributed by atoms with E-state index >= 15 is 0 Å². The van der Waals surface area contributed by atoms with Crippen molar-refractivity contribution >= 4 is 5.91 Å². The average Bonchev–Trinajstić information content (AvgIpc) is 2.78. The number of aryl methyl sites for hydroxylation is 1. The van der Waals surface area contributed by atoms with E-state index < -0.39 is 0 Å². The Balaban J connectivity index is 2.48. The van der Waals surface area contributed by atoms with Crippen LogP contribution in [0.4, 0.5) is 0 Å². The molecule has 5 heteroatoms. The van der Waals surface area contributed by atoms with Crippen molar-refractivity contribution in [1.82, 2.24) is 10.1 Å². The van der Waals surface area contributed by atoms with Crippen LogP contribution < -0.4 is 5.73 Å². The van der Waals surface area contributed by atoms with Gasteiger partial charge in [-0.15, -0.1) is 0 Å². The van der Waals surface area contributed by atoms with Gasteiger partial charge in [0.05, 0.1) is 6.54 Å². The molecule has 0 aliphatic heterocycles. The van der Waals surface area contributed by atoms with E-state index in [9.17, 15) is 4.79 Å². The highest BCUT2D eigenvalue weighted by Gasteiger charge is 2.25. The van der Waals surface area contributed by atoms with Gasteiger partial charge in [-0.25, -0.2) is 0 Å². The fourth-order valence-electron chi connectivity index (χ4n) is 2.52. The van der Waals surface area contributed by atoms with Gasteiger partial charge in [0.15, 0.2) is 0 Å². The highest BCUT2D eigenvalue weighted by atomic mass is 16.5. The van der Waals surface area contributed by atoms with Gasteiger partial charge in [-0.1, -0.05) is 25.9 Å². The monoisotopic (exact) mass is 295 g/mol. The number of nitrogens with two attached hydrogens (primary N) is 1. The zero-order valence-corrected chi connectivity index (χ0v) is 14.0. The van der Waals surface area contributed by atoms with E-state index in [0.29, 0.717) is 25.4 Å². The molecule has 21 heavy (non-hydrogen) atoms. The molecule has 0 fully saturated rings. The van der Waals surface area contributed by atoms with Gasteiger partial charge in [0.1, 0.15) is 11.5 Å². The molecular formula is C16H29N3O2. The SMILES string of the molecule is Cc1cc(CN(C)C(=O)CCC(CCN)C(C)(C)C)no1. The lowest BCUT2D eigenvalue weighted by molar-refractivity contribution is -0.131. The van der Waals surface area contributed by atoms with Gasteiger partial charge in [0, 0.05) is 19.5 Å². The lowest BCUT2D eigenvalue weighted by atomic mass is 9.76. The first kappa shape index (κ1) is 17.7. The summed E-state index contributed by atoms with van der Waals surface area (Å²) in [6, 6.07) is 1.86. The van der Waals surface area contributed by atoms with Crippen molar-refractivity contribution < 1.29 is 9.32 Å². The minimum Gasteiger partial charge on any atom is -0.361 e. The average molecular weight is 295 g/mol. The summed E-state index contributed by atoms with van der Waals surface area (Å²) < 4.78 is 5.02. The third-order valence-corrected chi connectivity index (χ3v) is 3.95. The number of hydrogen-bond donors (Lipinski definition) is 1. The minimum absolute atomic E-state index is 0.141. The lowest BCUT2D eigenvalue weighted by Gasteiger charge is -2.31. The van der Waals surface area contributed by atoms with Crippen molar-refractivity contribution in [3.63, 3.8) is 0 Å². The summed E-state index contributed by atoms with van der Waals surface area (Å²) in [5, 5.41) is 3.92. The van der Waals surface area contributed by atoms with Gasteiger partial charge in [-0.05, 0) is 37.6 Å². The third-order valence-electron chi connectivity index (χ3n) is 3.95. The summed E-state index contributed by atoms with van der Waals surface area (Å²) in [7, 11) is 1.81. The standard InChI is InChI=1S/C16H29N3O2/c1-12-10-14(18-21-12)11-19(5)15(20)7-6-13(8-9-17)16(2,3)4/h10,13H,6-9,11,17H2,1-5H3. The first-order valence-electron chi connectivity index (χ1n) is 7.60. The van der Waals surface area contributed by atoms with Crippen LogP contribution in [0.5, 0.6) is 0 Å². The Morgan fingerprint density at radius 2 is 2.10 bits per heavy atom. The maximum absolute atomic E-state index is 12.2. The molecule has 0 bridgehead atoms. The number of amides is 1. The molecule has 1 aromatic rings. The van der Waals surface area contributed by atoms with Crippen LogP contribution in [0.1, 0.15) is 51.5 Å². The predicted octanol–water partition coefficient (Wildman–Crippen LogP) is 2.73. The van der Waals surface area contributed by atoms with Crippen LogP contribution in [0.15, 0.2) is 10.6 Å². The van der Waals surface area contributed by atoms with Crippen LogP contribution in [0, 0.1) is 18.3 Å². The Hall–Kier alpha value is -1.36. The molecule has 0 saturated carbocycles. The summed E-state index contributed by atoms with van der Waals surface area (Å²) >= 11 is 0. The molecule has 0 aliphatic rings.